The van der Waals surface area contributed by atoms with Crippen LogP contribution < -0.4 is 5.32 Å². The number of carbonyl (C=O) groups is 1. The van der Waals surface area contributed by atoms with Crippen LogP contribution in [0.5, 0.6) is 0 Å². The molecule has 0 amide bonds. The van der Waals surface area contributed by atoms with E-state index in [2.05, 4.69) is 0 Å². The van der Waals surface area contributed by atoms with Gasteiger partial charge >= 0.3 is 77.3 Å². The van der Waals surface area contributed by atoms with Gasteiger partial charge in [-0.15, -0.1) is 0 Å². The van der Waals surface area contributed by atoms with Gasteiger partial charge in [0.1, 0.15) is 0 Å². The SMILES string of the molecule is O=C(O)CNCC(O)CSCCC(F)(F)C(F)(F)C(F)(F)C(F)(F)C(F)(F)C(F)(F)C(F)(F)C(F)(F)C(F)(F)C(F)(F)C(F)(F)C(F)(F)F. The van der Waals surface area contributed by atoms with Crippen LogP contribution in [0.3, 0.4) is 0 Å². The molecule has 0 radical (unpaired) electrons. The van der Waals surface area contributed by atoms with E-state index in [0.29, 0.717) is 0 Å². The van der Waals surface area contributed by atoms with Crippen molar-refractivity contribution in [3.63, 3.8) is 0 Å². The molecule has 0 aromatic carbocycles. The van der Waals surface area contributed by atoms with E-state index in [1.807, 2.05) is 5.32 Å². The molecule has 0 aromatic heterocycles. The van der Waals surface area contributed by atoms with Gasteiger partial charge in [0, 0.05) is 18.7 Å². The third-order valence-corrected chi connectivity index (χ3v) is 7.00. The smallest absolute Gasteiger partial charge is 0.460 e. The molecule has 0 aliphatic heterocycles. The van der Waals surface area contributed by atoms with Gasteiger partial charge in [0.25, 0.3) is 0 Å². The monoisotopic (exact) mass is 811 g/mol. The number of rotatable bonds is 19. The first-order chi connectivity index (χ1) is 21.1. The van der Waals surface area contributed by atoms with E-state index in [4.69, 9.17) is 5.11 Å². The molecule has 0 rings (SSSR count). The number of aliphatic carboxylic acids is 1. The molecule has 30 heteroatoms. The highest BCUT2D eigenvalue weighted by Crippen LogP contribution is 2.67. The number of carboxylic acid groups (broad SMARTS) is 1. The van der Waals surface area contributed by atoms with Crippen molar-refractivity contribution < 1.29 is 125 Å². The number of aliphatic hydroxyl groups excluding tert-OH is 1. The molecular weight excluding hydrogens is 797 g/mol. The van der Waals surface area contributed by atoms with Crippen molar-refractivity contribution in [2.45, 2.75) is 83.8 Å². The number of halogens is 25. The first-order valence-corrected chi connectivity index (χ1v) is 12.6. The Bertz CT molecular complexity index is 1150. The lowest BCUT2D eigenvalue weighted by Gasteiger charge is -2.45. The van der Waals surface area contributed by atoms with Gasteiger partial charge in [0.15, 0.2) is 0 Å². The predicted octanol–water partition coefficient (Wildman–Crippen LogP) is 7.70. The molecular formula is C19H14F25NO3S. The zero-order valence-electron chi connectivity index (χ0n) is 22.3. The second kappa shape index (κ2) is 13.5. The number of hydrogen-bond donors (Lipinski definition) is 3. The van der Waals surface area contributed by atoms with E-state index in [9.17, 15) is 120 Å². The summed E-state index contributed by atoms with van der Waals surface area (Å²) in [5.41, 5.74) is 0. The first kappa shape index (κ1) is 47.0. The Labute approximate surface area is 257 Å². The zero-order chi connectivity index (χ0) is 40.1. The van der Waals surface area contributed by atoms with E-state index in [0.717, 1.165) is 0 Å². The predicted molar refractivity (Wildman–Crippen MR) is 109 cm³/mol. The van der Waals surface area contributed by atoms with Crippen LogP contribution in [0, 0.1) is 0 Å². The summed E-state index contributed by atoms with van der Waals surface area (Å²) in [6.45, 7) is -1.54. The quantitative estimate of drug-likeness (QED) is 0.0923. The third kappa shape index (κ3) is 7.22. The molecule has 49 heavy (non-hydrogen) atoms. The van der Waals surface area contributed by atoms with Crippen LogP contribution in [0.1, 0.15) is 6.42 Å². The van der Waals surface area contributed by atoms with Gasteiger partial charge in [-0.1, -0.05) is 0 Å². The first-order valence-electron chi connectivity index (χ1n) is 11.5. The van der Waals surface area contributed by atoms with E-state index in [1.165, 1.54) is 0 Å². The van der Waals surface area contributed by atoms with E-state index in [-0.39, 0.29) is 11.8 Å². The molecule has 1 atom stereocenters. The van der Waals surface area contributed by atoms with Gasteiger partial charge in [-0.2, -0.15) is 122 Å². The Morgan fingerprint density at radius 1 is 0.510 bits per heavy atom. The van der Waals surface area contributed by atoms with Gasteiger partial charge in [-0.25, -0.2) is 0 Å². The molecule has 0 saturated carbocycles. The van der Waals surface area contributed by atoms with Crippen molar-refractivity contribution >= 4 is 17.7 Å². The van der Waals surface area contributed by atoms with Crippen molar-refractivity contribution in [3.8, 4) is 0 Å². The van der Waals surface area contributed by atoms with Crippen LogP contribution in [0.4, 0.5) is 110 Å². The molecule has 0 heterocycles. The number of aliphatic hydroxyl groups is 1. The standard InChI is InChI=1S/C19H14F25NO3S/c20-8(21,1-2-49-5-6(46)3-45-4-7(47)48)9(22,23)10(24,25)11(26,27)12(28,29)13(30,31)14(32,33)15(34,35)16(36,37)17(38,39)18(40,41)19(42,43)44/h6,45-46H,1-5H2,(H,47,48). The second-order valence-electron chi connectivity index (χ2n) is 9.45. The number of thioether (sulfide) groups is 1. The highest BCUT2D eigenvalue weighted by molar-refractivity contribution is 7.99. The molecule has 0 aromatic rings. The van der Waals surface area contributed by atoms with Crippen molar-refractivity contribution in [2.75, 3.05) is 24.6 Å². The normalized spacial score (nSPS) is 16.6. The average Bonchev–Trinajstić information content (AvgIpc) is 2.89. The number of alkyl halides is 25. The molecule has 3 N–H and O–H groups in total. The maximum Gasteiger partial charge on any atom is 0.460 e. The topological polar surface area (TPSA) is 69.6 Å². The Morgan fingerprint density at radius 3 is 1.08 bits per heavy atom. The maximum absolute atomic E-state index is 13.9. The summed E-state index contributed by atoms with van der Waals surface area (Å²) in [5, 5.41) is 19.7. The van der Waals surface area contributed by atoms with E-state index < -0.39 is 114 Å². The van der Waals surface area contributed by atoms with E-state index in [1.54, 1.807) is 0 Å². The minimum atomic E-state index is -9.63. The Hall–Kier alpha value is -2.01. The molecule has 294 valence electrons. The number of nitrogens with one attached hydrogen (secondary N) is 1. The molecule has 0 spiro atoms. The molecule has 0 fully saturated rings. The fourth-order valence-corrected chi connectivity index (χ4v) is 3.92. The van der Waals surface area contributed by atoms with Crippen molar-refractivity contribution in [3.05, 3.63) is 0 Å². The van der Waals surface area contributed by atoms with Crippen LogP contribution in [0.15, 0.2) is 0 Å². The van der Waals surface area contributed by atoms with Crippen LogP contribution >= 0.6 is 11.8 Å². The van der Waals surface area contributed by atoms with Crippen LogP contribution in [0.2, 0.25) is 0 Å². The third-order valence-electron chi connectivity index (χ3n) is 5.89. The van der Waals surface area contributed by atoms with Gasteiger partial charge in [0.05, 0.1) is 12.6 Å². The number of hydrogen-bond acceptors (Lipinski definition) is 4. The van der Waals surface area contributed by atoms with Gasteiger partial charge in [-0.3, -0.25) is 4.79 Å². The van der Waals surface area contributed by atoms with Gasteiger partial charge in [0.2, 0.25) is 0 Å². The summed E-state index contributed by atoms with van der Waals surface area (Å²) in [4.78, 5) is 10.3. The largest absolute Gasteiger partial charge is 0.480 e. The molecule has 0 saturated heterocycles. The van der Waals surface area contributed by atoms with E-state index >= 15 is 0 Å². The Kier molecular flexibility index (Phi) is 13.0. The van der Waals surface area contributed by atoms with Crippen LogP contribution in [-0.2, 0) is 4.79 Å². The zero-order valence-corrected chi connectivity index (χ0v) is 23.1. The fourth-order valence-electron chi connectivity index (χ4n) is 2.97. The number of carboxylic acids is 1. The summed E-state index contributed by atoms with van der Waals surface area (Å²) in [6, 6.07) is 0. The van der Waals surface area contributed by atoms with Crippen LogP contribution in [0.25, 0.3) is 0 Å². The summed E-state index contributed by atoms with van der Waals surface area (Å²) >= 11 is -0.185. The summed E-state index contributed by atoms with van der Waals surface area (Å²) < 4.78 is 336. The van der Waals surface area contributed by atoms with Gasteiger partial charge in [-0.05, 0) is 5.75 Å². The Balaban J connectivity index is 6.68. The van der Waals surface area contributed by atoms with Crippen molar-refractivity contribution in [1.82, 2.24) is 5.32 Å². The highest BCUT2D eigenvalue weighted by Gasteiger charge is 2.99. The fraction of sp³-hybridized carbons (Fsp3) is 0.947. The van der Waals surface area contributed by atoms with Crippen LogP contribution in [-0.4, -0.2) is 118 Å². The molecule has 1 unspecified atom stereocenters. The lowest BCUT2D eigenvalue weighted by molar-refractivity contribution is -0.482. The molecule has 0 aliphatic rings. The summed E-state index contributed by atoms with van der Waals surface area (Å²) in [5.74, 6) is -103. The van der Waals surface area contributed by atoms with Crippen molar-refractivity contribution in [2.24, 2.45) is 0 Å². The highest BCUT2D eigenvalue weighted by atomic mass is 32.2. The lowest BCUT2D eigenvalue weighted by atomic mass is 9.84. The summed E-state index contributed by atoms with van der Waals surface area (Å²) in [6.07, 6.45) is -12.9. The minimum absolute atomic E-state index is 0.185. The average molecular weight is 811 g/mol. The summed E-state index contributed by atoms with van der Waals surface area (Å²) in [7, 11) is 0. The Morgan fingerprint density at radius 2 is 0.796 bits per heavy atom. The van der Waals surface area contributed by atoms with Crippen molar-refractivity contribution in [1.29, 1.82) is 0 Å². The second-order valence-corrected chi connectivity index (χ2v) is 10.6. The minimum Gasteiger partial charge on any atom is -0.480 e. The molecule has 0 bridgehead atoms. The molecule has 0 aliphatic carbocycles. The maximum atomic E-state index is 13.9. The molecule has 4 nitrogen and oxygen atoms in total. The lowest BCUT2D eigenvalue weighted by Crippen LogP contribution is -2.78. The van der Waals surface area contributed by atoms with Gasteiger partial charge < -0.3 is 15.5 Å².